The van der Waals surface area contributed by atoms with E-state index in [1.807, 2.05) is 30.3 Å². The monoisotopic (exact) mass is 402 g/mol. The number of aliphatic hydroxyl groups excluding tert-OH is 1. The van der Waals surface area contributed by atoms with Crippen molar-refractivity contribution in [3.05, 3.63) is 35.9 Å². The number of nitrogens with zero attached hydrogens (tertiary/aromatic N) is 2. The Kier molecular flexibility index (Phi) is 6.39. The largest absolute Gasteiger partial charge is 0.371 e. The number of likely N-dealkylation sites (tertiary alicyclic amines) is 2. The number of nitrogens with one attached hydrogen (secondary N) is 2. The number of nitrogens with two attached hydrogens (primary N) is 2. The van der Waals surface area contributed by atoms with E-state index in [4.69, 9.17) is 16.9 Å². The zero-order valence-corrected chi connectivity index (χ0v) is 16.5. The van der Waals surface area contributed by atoms with Gasteiger partial charge in [-0.05, 0) is 37.7 Å². The van der Waals surface area contributed by atoms with Crippen molar-refractivity contribution in [3.63, 3.8) is 0 Å². The van der Waals surface area contributed by atoms with Crippen molar-refractivity contribution in [2.75, 3.05) is 19.6 Å². The Morgan fingerprint density at radius 3 is 2.69 bits per heavy atom. The first-order valence-corrected chi connectivity index (χ1v) is 10.0. The molecule has 9 nitrogen and oxygen atoms in total. The first-order chi connectivity index (χ1) is 13.8. The van der Waals surface area contributed by atoms with Crippen LogP contribution in [-0.2, 0) is 16.0 Å². The molecule has 0 aliphatic carbocycles. The second-order valence-electron chi connectivity index (χ2n) is 7.96. The maximum Gasteiger partial charge on any atom is 0.243 e. The minimum Gasteiger partial charge on any atom is -0.371 e. The molecule has 0 bridgehead atoms. The van der Waals surface area contributed by atoms with Gasteiger partial charge in [0.2, 0.25) is 11.8 Å². The number of carbonyl (C=O) groups excluding carboxylic acids is 2. The highest BCUT2D eigenvalue weighted by Crippen LogP contribution is 2.24. The SMILES string of the molecule is N=C(N)N1CCC[C@H](NC(=O)CN2CCC[C@](N)(Cc3ccccc3)C2=O)C1O. The fourth-order valence-electron chi connectivity index (χ4n) is 4.20. The van der Waals surface area contributed by atoms with Crippen molar-refractivity contribution in [2.24, 2.45) is 11.5 Å². The topological polar surface area (TPSA) is 149 Å². The van der Waals surface area contributed by atoms with Gasteiger partial charge in [-0.2, -0.15) is 0 Å². The van der Waals surface area contributed by atoms with Crippen molar-refractivity contribution in [2.45, 2.75) is 49.9 Å². The Bertz CT molecular complexity index is 758. The number of aliphatic hydroxyl groups is 1. The van der Waals surface area contributed by atoms with Gasteiger partial charge in [-0.15, -0.1) is 0 Å². The molecule has 1 unspecified atom stereocenters. The molecule has 29 heavy (non-hydrogen) atoms. The summed E-state index contributed by atoms with van der Waals surface area (Å²) in [7, 11) is 0. The van der Waals surface area contributed by atoms with Crippen LogP contribution in [0.25, 0.3) is 0 Å². The molecule has 3 rings (SSSR count). The number of guanidine groups is 1. The Hall–Kier alpha value is -2.65. The fraction of sp³-hybridized carbons (Fsp3) is 0.550. The van der Waals surface area contributed by atoms with Crippen LogP contribution in [0, 0.1) is 5.41 Å². The quantitative estimate of drug-likeness (QED) is 0.326. The lowest BCUT2D eigenvalue weighted by molar-refractivity contribution is -0.144. The van der Waals surface area contributed by atoms with Gasteiger partial charge in [-0.25, -0.2) is 0 Å². The number of rotatable bonds is 5. The molecule has 2 saturated heterocycles. The molecule has 2 aliphatic rings. The maximum atomic E-state index is 13.0. The lowest BCUT2D eigenvalue weighted by Gasteiger charge is -2.40. The van der Waals surface area contributed by atoms with Gasteiger partial charge in [-0.3, -0.25) is 15.0 Å². The zero-order chi connectivity index (χ0) is 21.0. The third-order valence-corrected chi connectivity index (χ3v) is 5.71. The van der Waals surface area contributed by atoms with Crippen LogP contribution in [0.5, 0.6) is 0 Å². The number of carbonyl (C=O) groups is 2. The second kappa shape index (κ2) is 8.79. The Balaban J connectivity index is 1.60. The van der Waals surface area contributed by atoms with Crippen LogP contribution in [-0.4, -0.2) is 70.1 Å². The minimum absolute atomic E-state index is 0.101. The summed E-state index contributed by atoms with van der Waals surface area (Å²) in [6.07, 6.45) is 1.97. The van der Waals surface area contributed by atoms with Crippen molar-refractivity contribution in [1.82, 2.24) is 15.1 Å². The van der Waals surface area contributed by atoms with E-state index in [9.17, 15) is 14.7 Å². The van der Waals surface area contributed by atoms with Crippen LogP contribution in [0.1, 0.15) is 31.2 Å². The molecule has 0 saturated carbocycles. The van der Waals surface area contributed by atoms with E-state index in [0.717, 1.165) is 12.0 Å². The lowest BCUT2D eigenvalue weighted by atomic mass is 9.83. The average molecular weight is 402 g/mol. The first kappa shape index (κ1) is 21.1. The Morgan fingerprint density at radius 2 is 2.00 bits per heavy atom. The summed E-state index contributed by atoms with van der Waals surface area (Å²) in [5.41, 5.74) is 11.9. The van der Waals surface area contributed by atoms with E-state index in [-0.39, 0.29) is 24.3 Å². The van der Waals surface area contributed by atoms with Crippen molar-refractivity contribution in [1.29, 1.82) is 5.41 Å². The molecule has 158 valence electrons. The average Bonchev–Trinajstić information content (AvgIpc) is 2.68. The molecule has 9 heteroatoms. The Morgan fingerprint density at radius 1 is 1.28 bits per heavy atom. The summed E-state index contributed by atoms with van der Waals surface area (Å²) in [6.45, 7) is 0.852. The molecular weight excluding hydrogens is 372 g/mol. The lowest BCUT2D eigenvalue weighted by Crippen LogP contribution is -2.63. The summed E-state index contributed by atoms with van der Waals surface area (Å²) in [5.74, 6) is -0.800. The summed E-state index contributed by atoms with van der Waals surface area (Å²) in [6, 6.07) is 9.09. The molecule has 7 N–H and O–H groups in total. The molecule has 0 aromatic heterocycles. The van der Waals surface area contributed by atoms with E-state index in [0.29, 0.717) is 38.8 Å². The van der Waals surface area contributed by atoms with E-state index in [1.165, 1.54) is 9.80 Å². The van der Waals surface area contributed by atoms with Gasteiger partial charge in [-0.1, -0.05) is 30.3 Å². The van der Waals surface area contributed by atoms with Crippen LogP contribution in [0.4, 0.5) is 0 Å². The number of hydrogen-bond donors (Lipinski definition) is 5. The van der Waals surface area contributed by atoms with Crippen molar-refractivity contribution in [3.8, 4) is 0 Å². The van der Waals surface area contributed by atoms with Crippen LogP contribution >= 0.6 is 0 Å². The summed E-state index contributed by atoms with van der Waals surface area (Å²) >= 11 is 0. The summed E-state index contributed by atoms with van der Waals surface area (Å²) < 4.78 is 0. The molecule has 2 heterocycles. The standard InChI is InChI=1S/C20H30N6O3/c21-19(22)26-11-4-8-15(17(26)28)24-16(27)13-25-10-5-9-20(23,18(25)29)12-14-6-2-1-3-7-14/h1-3,6-7,15,17,28H,4-5,8-13,23H2,(H3,21,22)(H,24,27)/t15-,17?,20-/m0/s1. The van der Waals surface area contributed by atoms with Gasteiger partial charge in [0.05, 0.1) is 18.1 Å². The highest BCUT2D eigenvalue weighted by atomic mass is 16.3. The molecule has 1 aromatic carbocycles. The number of amides is 2. The molecule has 2 aliphatic heterocycles. The zero-order valence-electron chi connectivity index (χ0n) is 16.5. The normalized spacial score (nSPS) is 27.6. The van der Waals surface area contributed by atoms with Crippen molar-refractivity contribution < 1.29 is 14.7 Å². The molecule has 0 radical (unpaired) electrons. The van der Waals surface area contributed by atoms with Gasteiger partial charge < -0.3 is 31.7 Å². The highest BCUT2D eigenvalue weighted by Gasteiger charge is 2.41. The minimum atomic E-state index is -1.05. The van der Waals surface area contributed by atoms with Gasteiger partial charge >= 0.3 is 0 Å². The van der Waals surface area contributed by atoms with Gasteiger partial charge in [0.15, 0.2) is 5.96 Å². The van der Waals surface area contributed by atoms with Crippen LogP contribution in [0.3, 0.4) is 0 Å². The molecule has 1 aromatic rings. The van der Waals surface area contributed by atoms with Crippen LogP contribution < -0.4 is 16.8 Å². The highest BCUT2D eigenvalue weighted by molar-refractivity contribution is 5.91. The smallest absolute Gasteiger partial charge is 0.243 e. The summed E-state index contributed by atoms with van der Waals surface area (Å²) in [4.78, 5) is 28.4. The van der Waals surface area contributed by atoms with E-state index < -0.39 is 17.8 Å². The molecule has 0 spiro atoms. The van der Waals surface area contributed by atoms with Gasteiger partial charge in [0.1, 0.15) is 6.23 Å². The first-order valence-electron chi connectivity index (χ1n) is 10.0. The maximum absolute atomic E-state index is 13.0. The van der Waals surface area contributed by atoms with Gasteiger partial charge in [0.25, 0.3) is 0 Å². The van der Waals surface area contributed by atoms with E-state index >= 15 is 0 Å². The number of hydrogen-bond acceptors (Lipinski definition) is 5. The Labute approximate surface area is 170 Å². The molecule has 3 atom stereocenters. The third kappa shape index (κ3) is 4.86. The fourth-order valence-corrected chi connectivity index (χ4v) is 4.20. The predicted molar refractivity (Wildman–Crippen MR) is 109 cm³/mol. The predicted octanol–water partition coefficient (Wildman–Crippen LogP) is -0.659. The molecular formula is C20H30N6O3. The van der Waals surface area contributed by atoms with Gasteiger partial charge in [0, 0.05) is 13.1 Å². The number of piperidine rings is 2. The van der Waals surface area contributed by atoms with E-state index in [1.54, 1.807) is 0 Å². The molecule has 2 fully saturated rings. The number of benzene rings is 1. The van der Waals surface area contributed by atoms with Crippen molar-refractivity contribution >= 4 is 17.8 Å². The van der Waals surface area contributed by atoms with E-state index in [2.05, 4.69) is 5.32 Å². The summed E-state index contributed by atoms with van der Waals surface area (Å²) in [5, 5.41) is 20.6. The molecule has 2 amide bonds. The third-order valence-electron chi connectivity index (χ3n) is 5.71. The van der Waals surface area contributed by atoms with Crippen LogP contribution in [0.2, 0.25) is 0 Å². The van der Waals surface area contributed by atoms with Crippen LogP contribution in [0.15, 0.2) is 30.3 Å². The second-order valence-corrected chi connectivity index (χ2v) is 7.96.